The molecule has 0 bridgehead atoms. The molecule has 3 rings (SSSR count). The van der Waals surface area contributed by atoms with Crippen molar-refractivity contribution in [2.24, 2.45) is 0 Å². The maximum atomic E-state index is 12.3. The highest BCUT2D eigenvalue weighted by Gasteiger charge is 2.14. The zero-order chi connectivity index (χ0) is 17.8. The lowest BCUT2D eigenvalue weighted by Crippen LogP contribution is -2.30. The highest BCUT2D eigenvalue weighted by atomic mass is 16.5. The largest absolute Gasteiger partial charge is 0.483 e. The van der Waals surface area contributed by atoms with Gasteiger partial charge in [0.05, 0.1) is 12.1 Å². The third-order valence-electron chi connectivity index (χ3n) is 4.01. The Morgan fingerprint density at radius 2 is 1.96 bits per heavy atom. The van der Waals surface area contributed by atoms with Crippen LogP contribution in [0.5, 0.6) is 5.75 Å². The van der Waals surface area contributed by atoms with Gasteiger partial charge in [0.1, 0.15) is 17.3 Å². The summed E-state index contributed by atoms with van der Waals surface area (Å²) in [6.07, 6.45) is 0.761. The second-order valence-corrected chi connectivity index (χ2v) is 5.87. The average molecular weight is 337 g/mol. The Kier molecular flexibility index (Phi) is 4.84. The van der Waals surface area contributed by atoms with E-state index in [-0.39, 0.29) is 12.5 Å². The molecule has 0 saturated heterocycles. The number of carbonyl (C=O) groups excluding carboxylic acids is 2. The molecule has 1 amide bonds. The molecule has 3 aromatic rings. The van der Waals surface area contributed by atoms with E-state index in [1.54, 1.807) is 13.1 Å². The van der Waals surface area contributed by atoms with Crippen molar-refractivity contribution in [2.45, 2.75) is 13.5 Å². The van der Waals surface area contributed by atoms with Crippen LogP contribution in [0.2, 0.25) is 0 Å². The molecule has 0 aliphatic carbocycles. The Morgan fingerprint density at radius 1 is 1.16 bits per heavy atom. The third kappa shape index (κ3) is 3.71. The summed E-state index contributed by atoms with van der Waals surface area (Å²) in [5, 5.41) is 1.76. The van der Waals surface area contributed by atoms with Crippen LogP contribution in [0.25, 0.3) is 10.8 Å². The Balaban J connectivity index is 1.69. The summed E-state index contributed by atoms with van der Waals surface area (Å²) >= 11 is 0. The lowest BCUT2D eigenvalue weighted by Gasteiger charge is -2.17. The van der Waals surface area contributed by atoms with Crippen LogP contribution in [0.15, 0.2) is 52.9 Å². The first-order valence-electron chi connectivity index (χ1n) is 7.97. The van der Waals surface area contributed by atoms with E-state index in [9.17, 15) is 9.59 Å². The number of fused-ring (bicyclic) bond motifs is 1. The van der Waals surface area contributed by atoms with Crippen LogP contribution in [0.1, 0.15) is 21.9 Å². The molecule has 0 aliphatic rings. The van der Waals surface area contributed by atoms with Crippen LogP contribution in [0.4, 0.5) is 0 Å². The summed E-state index contributed by atoms with van der Waals surface area (Å²) in [6.45, 7) is 2.08. The van der Waals surface area contributed by atoms with Gasteiger partial charge in [-0.2, -0.15) is 0 Å². The number of likely N-dealkylation sites (N-methyl/N-ethyl adjacent to an activating group) is 1. The van der Waals surface area contributed by atoms with E-state index in [0.29, 0.717) is 23.6 Å². The van der Waals surface area contributed by atoms with Crippen LogP contribution in [0.3, 0.4) is 0 Å². The molecule has 0 atom stereocenters. The molecule has 128 valence electrons. The molecule has 5 heteroatoms. The molecule has 0 spiro atoms. The molecule has 0 N–H and O–H groups in total. The highest BCUT2D eigenvalue weighted by molar-refractivity contribution is 6.00. The van der Waals surface area contributed by atoms with Gasteiger partial charge in [-0.1, -0.05) is 30.3 Å². The number of ether oxygens (including phenoxy) is 1. The van der Waals surface area contributed by atoms with Crippen molar-refractivity contribution in [1.29, 1.82) is 0 Å². The van der Waals surface area contributed by atoms with Crippen LogP contribution < -0.4 is 4.74 Å². The van der Waals surface area contributed by atoms with Crippen molar-refractivity contribution in [1.82, 2.24) is 4.90 Å². The van der Waals surface area contributed by atoms with Crippen LogP contribution in [0, 0.1) is 6.92 Å². The molecular formula is C20H19NO4. The molecule has 1 aromatic heterocycles. The first kappa shape index (κ1) is 16.8. The smallest absolute Gasteiger partial charge is 0.260 e. The quantitative estimate of drug-likeness (QED) is 0.645. The summed E-state index contributed by atoms with van der Waals surface area (Å²) in [4.78, 5) is 25.3. The first-order chi connectivity index (χ1) is 12.1. The van der Waals surface area contributed by atoms with E-state index in [4.69, 9.17) is 9.15 Å². The number of benzene rings is 2. The SMILES string of the molecule is Cc1ccc(CN(C)C(=O)COc2ccc3ccccc3c2C=O)o1. The number of carbonyl (C=O) groups is 2. The number of rotatable bonds is 6. The summed E-state index contributed by atoms with van der Waals surface area (Å²) in [5.41, 5.74) is 0.454. The molecule has 25 heavy (non-hydrogen) atoms. The van der Waals surface area contributed by atoms with Crippen molar-refractivity contribution in [3.8, 4) is 5.75 Å². The van der Waals surface area contributed by atoms with Gasteiger partial charge in [-0.3, -0.25) is 9.59 Å². The highest BCUT2D eigenvalue weighted by Crippen LogP contribution is 2.26. The lowest BCUT2D eigenvalue weighted by atomic mass is 10.0. The molecule has 0 radical (unpaired) electrons. The number of nitrogens with zero attached hydrogens (tertiary/aromatic N) is 1. The summed E-state index contributed by atoms with van der Waals surface area (Å²) in [7, 11) is 1.69. The van der Waals surface area contributed by atoms with Gasteiger partial charge in [-0.05, 0) is 35.9 Å². The van der Waals surface area contributed by atoms with Gasteiger partial charge >= 0.3 is 0 Å². The molecule has 2 aromatic carbocycles. The summed E-state index contributed by atoms with van der Waals surface area (Å²) in [6, 6.07) is 14.8. The van der Waals surface area contributed by atoms with Crippen molar-refractivity contribution < 1.29 is 18.7 Å². The molecule has 0 unspecified atom stereocenters. The number of aldehydes is 1. The van der Waals surface area contributed by atoms with Crippen molar-refractivity contribution in [3.05, 3.63) is 65.6 Å². The standard InChI is InChI=1S/C20H19NO4/c1-14-7-9-16(25-14)11-21(2)20(23)13-24-19-10-8-15-5-3-4-6-17(15)18(19)12-22/h3-10,12H,11,13H2,1-2H3. The predicted molar refractivity (Wildman–Crippen MR) is 94.7 cm³/mol. The first-order valence-corrected chi connectivity index (χ1v) is 7.97. The fourth-order valence-corrected chi connectivity index (χ4v) is 2.66. The van der Waals surface area contributed by atoms with E-state index in [0.717, 1.165) is 22.8 Å². The van der Waals surface area contributed by atoms with E-state index in [1.165, 1.54) is 4.90 Å². The number of hydrogen-bond donors (Lipinski definition) is 0. The number of aryl methyl sites for hydroxylation is 1. The minimum absolute atomic E-state index is 0.143. The van der Waals surface area contributed by atoms with Crippen LogP contribution in [-0.4, -0.2) is 30.7 Å². The monoisotopic (exact) mass is 337 g/mol. The minimum atomic E-state index is -0.195. The van der Waals surface area contributed by atoms with Crippen molar-refractivity contribution in [2.75, 3.05) is 13.7 Å². The second-order valence-electron chi connectivity index (χ2n) is 5.87. The van der Waals surface area contributed by atoms with E-state index >= 15 is 0 Å². The molecule has 1 heterocycles. The molecule has 5 nitrogen and oxygen atoms in total. The van der Waals surface area contributed by atoms with Gasteiger partial charge in [0, 0.05) is 7.05 Å². The van der Waals surface area contributed by atoms with Gasteiger partial charge < -0.3 is 14.1 Å². The maximum absolute atomic E-state index is 12.3. The topological polar surface area (TPSA) is 59.8 Å². The Labute approximate surface area is 145 Å². The minimum Gasteiger partial charge on any atom is -0.483 e. The number of furan rings is 1. The maximum Gasteiger partial charge on any atom is 0.260 e. The van der Waals surface area contributed by atoms with Crippen molar-refractivity contribution >= 4 is 23.0 Å². The van der Waals surface area contributed by atoms with Crippen LogP contribution >= 0.6 is 0 Å². The Bertz CT molecular complexity index is 913. The summed E-state index contributed by atoms with van der Waals surface area (Å²) in [5.74, 6) is 1.73. The van der Waals surface area contributed by atoms with E-state index in [1.807, 2.05) is 49.4 Å². The zero-order valence-corrected chi connectivity index (χ0v) is 14.2. The van der Waals surface area contributed by atoms with Crippen molar-refractivity contribution in [3.63, 3.8) is 0 Å². The normalized spacial score (nSPS) is 10.6. The molecular weight excluding hydrogens is 318 g/mol. The average Bonchev–Trinajstić information content (AvgIpc) is 3.03. The van der Waals surface area contributed by atoms with E-state index < -0.39 is 0 Å². The Morgan fingerprint density at radius 3 is 2.68 bits per heavy atom. The second kappa shape index (κ2) is 7.21. The fourth-order valence-electron chi connectivity index (χ4n) is 2.66. The lowest BCUT2D eigenvalue weighted by molar-refractivity contribution is -0.132. The fraction of sp³-hybridized carbons (Fsp3) is 0.200. The zero-order valence-electron chi connectivity index (χ0n) is 14.2. The van der Waals surface area contributed by atoms with Gasteiger partial charge in [0.2, 0.25) is 0 Å². The number of amides is 1. The van der Waals surface area contributed by atoms with E-state index in [2.05, 4.69) is 0 Å². The predicted octanol–water partition coefficient (Wildman–Crippen LogP) is 3.59. The molecule has 0 fully saturated rings. The van der Waals surface area contributed by atoms with Gasteiger partial charge in [0.25, 0.3) is 5.91 Å². The molecule has 0 aliphatic heterocycles. The Hall–Kier alpha value is -3.08. The van der Waals surface area contributed by atoms with Gasteiger partial charge in [-0.25, -0.2) is 0 Å². The van der Waals surface area contributed by atoms with Crippen LogP contribution in [-0.2, 0) is 11.3 Å². The van der Waals surface area contributed by atoms with Gasteiger partial charge in [-0.15, -0.1) is 0 Å². The molecule has 0 saturated carbocycles. The summed E-state index contributed by atoms with van der Waals surface area (Å²) < 4.78 is 11.1. The third-order valence-corrected chi connectivity index (χ3v) is 4.01. The number of hydrogen-bond acceptors (Lipinski definition) is 4. The van der Waals surface area contributed by atoms with Gasteiger partial charge in [0.15, 0.2) is 12.9 Å².